The number of thiophene rings is 1. The summed E-state index contributed by atoms with van der Waals surface area (Å²) in [6.45, 7) is 5.62. The summed E-state index contributed by atoms with van der Waals surface area (Å²) >= 11 is 1.77. The first kappa shape index (κ1) is 19.9. The van der Waals surface area contributed by atoms with Gasteiger partial charge in [0.05, 0.1) is 18.2 Å². The number of ether oxygens (including phenoxy) is 1. The Morgan fingerprint density at radius 1 is 1.19 bits per heavy atom. The van der Waals surface area contributed by atoms with E-state index in [1.807, 2.05) is 24.3 Å². The Balaban J connectivity index is 1.65. The van der Waals surface area contributed by atoms with Gasteiger partial charge in [0.1, 0.15) is 5.75 Å². The summed E-state index contributed by atoms with van der Waals surface area (Å²) in [5, 5.41) is 5.28. The van der Waals surface area contributed by atoms with Crippen molar-refractivity contribution in [2.24, 2.45) is 0 Å². The summed E-state index contributed by atoms with van der Waals surface area (Å²) in [6, 6.07) is 12.1. The summed E-state index contributed by atoms with van der Waals surface area (Å²) in [4.78, 5) is 16.7. The molecule has 5 heteroatoms. The highest BCUT2D eigenvalue weighted by Gasteiger charge is 2.24. The van der Waals surface area contributed by atoms with Crippen LogP contribution >= 0.6 is 11.3 Å². The smallest absolute Gasteiger partial charge is 0.255 e. The highest BCUT2D eigenvalue weighted by atomic mass is 32.1. The van der Waals surface area contributed by atoms with E-state index in [-0.39, 0.29) is 11.9 Å². The molecule has 1 saturated heterocycles. The van der Waals surface area contributed by atoms with Crippen LogP contribution in [0.25, 0.3) is 0 Å². The highest BCUT2D eigenvalue weighted by Crippen LogP contribution is 2.28. The number of nitrogens with zero attached hydrogens (tertiary/aromatic N) is 1. The van der Waals surface area contributed by atoms with E-state index in [4.69, 9.17) is 4.74 Å². The second kappa shape index (κ2) is 10.5. The lowest BCUT2D eigenvalue weighted by Crippen LogP contribution is -2.40. The molecule has 0 spiro atoms. The van der Waals surface area contributed by atoms with Gasteiger partial charge in [-0.25, -0.2) is 0 Å². The van der Waals surface area contributed by atoms with Crippen molar-refractivity contribution in [3.8, 4) is 5.75 Å². The van der Waals surface area contributed by atoms with Gasteiger partial charge < -0.3 is 10.1 Å². The molecular weight excluding hydrogens is 356 g/mol. The molecule has 2 heterocycles. The number of para-hydroxylation sites is 1. The molecule has 1 amide bonds. The van der Waals surface area contributed by atoms with Gasteiger partial charge in [-0.2, -0.15) is 0 Å². The molecule has 1 aliphatic heterocycles. The third-order valence-electron chi connectivity index (χ3n) is 5.05. The minimum Gasteiger partial charge on any atom is -0.493 e. The van der Waals surface area contributed by atoms with Crippen LogP contribution in [0.2, 0.25) is 0 Å². The van der Waals surface area contributed by atoms with E-state index in [0.717, 1.165) is 25.9 Å². The maximum atomic E-state index is 12.8. The van der Waals surface area contributed by atoms with Gasteiger partial charge in [-0.05, 0) is 55.9 Å². The van der Waals surface area contributed by atoms with Gasteiger partial charge in [-0.1, -0.05) is 38.0 Å². The monoisotopic (exact) mass is 386 g/mol. The van der Waals surface area contributed by atoms with Gasteiger partial charge in [0.15, 0.2) is 0 Å². The van der Waals surface area contributed by atoms with Crippen LogP contribution in [0.5, 0.6) is 5.75 Å². The Morgan fingerprint density at radius 3 is 2.74 bits per heavy atom. The SMILES string of the molecule is CCCCOc1ccccc1C(=O)NC[C@H](c1cccs1)N1CCCCC1. The second-order valence-corrected chi connectivity index (χ2v) is 8.02. The molecule has 0 saturated carbocycles. The zero-order valence-corrected chi connectivity index (χ0v) is 17.0. The van der Waals surface area contributed by atoms with Crippen molar-refractivity contribution in [2.45, 2.75) is 45.1 Å². The van der Waals surface area contributed by atoms with Crippen LogP contribution in [0.4, 0.5) is 0 Å². The Kier molecular flexibility index (Phi) is 7.72. The van der Waals surface area contributed by atoms with Gasteiger partial charge in [0.2, 0.25) is 0 Å². The van der Waals surface area contributed by atoms with E-state index >= 15 is 0 Å². The first-order valence-electron chi connectivity index (χ1n) is 10.1. The molecule has 27 heavy (non-hydrogen) atoms. The Bertz CT molecular complexity index is 696. The number of amides is 1. The first-order chi connectivity index (χ1) is 13.3. The van der Waals surface area contributed by atoms with Crippen LogP contribution in [0.15, 0.2) is 41.8 Å². The third kappa shape index (κ3) is 5.56. The number of hydrogen-bond acceptors (Lipinski definition) is 4. The van der Waals surface area contributed by atoms with Gasteiger partial charge in [0.25, 0.3) is 5.91 Å². The average Bonchev–Trinajstić information content (AvgIpc) is 3.24. The van der Waals surface area contributed by atoms with Crippen molar-refractivity contribution in [3.63, 3.8) is 0 Å². The Morgan fingerprint density at radius 2 is 2.00 bits per heavy atom. The molecule has 1 N–H and O–H groups in total. The largest absolute Gasteiger partial charge is 0.493 e. The van der Waals surface area contributed by atoms with Crippen LogP contribution in [0, 0.1) is 0 Å². The molecule has 1 aromatic carbocycles. The summed E-state index contributed by atoms with van der Waals surface area (Å²) in [5.41, 5.74) is 0.622. The van der Waals surface area contributed by atoms with Crippen molar-refractivity contribution in [2.75, 3.05) is 26.2 Å². The van der Waals surface area contributed by atoms with Crippen LogP contribution in [-0.4, -0.2) is 37.0 Å². The minimum absolute atomic E-state index is 0.0549. The number of carbonyl (C=O) groups excluding carboxylic acids is 1. The molecule has 146 valence electrons. The van der Waals surface area contributed by atoms with Crippen LogP contribution < -0.4 is 10.1 Å². The van der Waals surface area contributed by atoms with Gasteiger partial charge >= 0.3 is 0 Å². The van der Waals surface area contributed by atoms with E-state index in [9.17, 15) is 4.79 Å². The molecule has 3 rings (SSSR count). The minimum atomic E-state index is -0.0549. The molecule has 4 nitrogen and oxygen atoms in total. The third-order valence-corrected chi connectivity index (χ3v) is 6.02. The molecule has 1 atom stereocenters. The maximum Gasteiger partial charge on any atom is 0.255 e. The van der Waals surface area contributed by atoms with E-state index in [2.05, 4.69) is 34.7 Å². The number of carbonyl (C=O) groups is 1. The number of piperidine rings is 1. The van der Waals surface area contributed by atoms with E-state index < -0.39 is 0 Å². The van der Waals surface area contributed by atoms with Crippen LogP contribution in [-0.2, 0) is 0 Å². The first-order valence-corrected chi connectivity index (χ1v) is 10.9. The van der Waals surface area contributed by atoms with Crippen LogP contribution in [0.1, 0.15) is 60.3 Å². The van der Waals surface area contributed by atoms with Gasteiger partial charge in [-0.15, -0.1) is 11.3 Å². The molecule has 1 aliphatic rings. The van der Waals surface area contributed by atoms with Crippen molar-refractivity contribution in [1.82, 2.24) is 10.2 Å². The number of unbranched alkanes of at least 4 members (excludes halogenated alkanes) is 1. The fourth-order valence-electron chi connectivity index (χ4n) is 3.51. The molecule has 2 aromatic rings. The number of nitrogens with one attached hydrogen (secondary N) is 1. The summed E-state index contributed by atoms with van der Waals surface area (Å²) in [6.07, 6.45) is 5.86. The fraction of sp³-hybridized carbons (Fsp3) is 0.500. The van der Waals surface area contributed by atoms with Gasteiger partial charge in [-0.3, -0.25) is 9.69 Å². The Hall–Kier alpha value is -1.85. The summed E-state index contributed by atoms with van der Waals surface area (Å²) in [7, 11) is 0. The fourth-order valence-corrected chi connectivity index (χ4v) is 4.37. The summed E-state index contributed by atoms with van der Waals surface area (Å²) in [5.74, 6) is 0.620. The van der Waals surface area contributed by atoms with Crippen molar-refractivity contribution < 1.29 is 9.53 Å². The zero-order valence-electron chi connectivity index (χ0n) is 16.2. The van der Waals surface area contributed by atoms with Crippen molar-refractivity contribution in [1.29, 1.82) is 0 Å². The number of rotatable bonds is 9. The lowest BCUT2D eigenvalue weighted by atomic mass is 10.1. The summed E-state index contributed by atoms with van der Waals surface area (Å²) < 4.78 is 5.82. The standard InChI is InChI=1S/C22H30N2O2S/c1-2-3-15-26-20-11-6-5-10-18(20)22(25)23-17-19(21-12-9-16-27-21)24-13-7-4-8-14-24/h5-6,9-12,16,19H,2-4,7-8,13-15,17H2,1H3,(H,23,25)/t19-/m1/s1. The quantitative estimate of drug-likeness (QED) is 0.624. The van der Waals surface area contributed by atoms with E-state index in [1.54, 1.807) is 11.3 Å². The maximum absolute atomic E-state index is 12.8. The predicted molar refractivity (Wildman–Crippen MR) is 112 cm³/mol. The van der Waals surface area contributed by atoms with Crippen LogP contribution in [0.3, 0.4) is 0 Å². The average molecular weight is 387 g/mol. The topological polar surface area (TPSA) is 41.6 Å². The molecule has 1 aromatic heterocycles. The number of hydrogen-bond donors (Lipinski definition) is 1. The molecule has 0 radical (unpaired) electrons. The molecule has 0 aliphatic carbocycles. The van der Waals surface area contributed by atoms with E-state index in [1.165, 1.54) is 24.1 Å². The zero-order chi connectivity index (χ0) is 18.9. The number of benzene rings is 1. The normalized spacial score (nSPS) is 16.0. The molecular formula is C22H30N2O2S. The molecule has 0 unspecified atom stereocenters. The number of likely N-dealkylation sites (tertiary alicyclic amines) is 1. The van der Waals surface area contributed by atoms with Crippen molar-refractivity contribution >= 4 is 17.2 Å². The highest BCUT2D eigenvalue weighted by molar-refractivity contribution is 7.10. The van der Waals surface area contributed by atoms with Gasteiger partial charge in [0, 0.05) is 11.4 Å². The van der Waals surface area contributed by atoms with Crippen molar-refractivity contribution in [3.05, 3.63) is 52.2 Å². The molecule has 1 fully saturated rings. The Labute approximate surface area is 166 Å². The second-order valence-electron chi connectivity index (χ2n) is 7.04. The lowest BCUT2D eigenvalue weighted by Gasteiger charge is -2.34. The van der Waals surface area contributed by atoms with E-state index in [0.29, 0.717) is 24.5 Å². The molecule has 0 bridgehead atoms. The predicted octanol–water partition coefficient (Wildman–Crippen LogP) is 4.88. The lowest BCUT2D eigenvalue weighted by molar-refractivity contribution is 0.0921.